The van der Waals surface area contributed by atoms with Gasteiger partial charge >= 0.3 is 0 Å². The zero-order valence-corrected chi connectivity index (χ0v) is 14.7. The average Bonchev–Trinajstić information content (AvgIpc) is 3.10. The Balaban J connectivity index is 2.10. The van der Waals surface area contributed by atoms with Crippen molar-refractivity contribution in [2.45, 2.75) is 44.2 Å². The Morgan fingerprint density at radius 1 is 0.958 bits per heavy atom. The first-order valence-corrected chi connectivity index (χ1v) is 8.68. The average molecular weight is 326 g/mol. The van der Waals surface area contributed by atoms with Crippen molar-refractivity contribution < 1.29 is 14.2 Å². The number of benzene rings is 2. The van der Waals surface area contributed by atoms with E-state index in [0.717, 1.165) is 24.0 Å². The van der Waals surface area contributed by atoms with E-state index in [1.54, 1.807) is 7.11 Å². The summed E-state index contributed by atoms with van der Waals surface area (Å²) in [6.07, 6.45) is 1.44. The summed E-state index contributed by atoms with van der Waals surface area (Å²) in [5.41, 5.74) is 1.47. The fourth-order valence-electron chi connectivity index (χ4n) is 3.65. The Bertz CT molecular complexity index is 595. The maximum atomic E-state index is 6.47. The maximum Gasteiger partial charge on any atom is 0.168 e. The number of methoxy groups -OCH3 is 1. The van der Waals surface area contributed by atoms with Crippen molar-refractivity contribution >= 4 is 0 Å². The van der Waals surface area contributed by atoms with E-state index in [1.165, 1.54) is 0 Å². The molecule has 1 aliphatic rings. The monoisotopic (exact) mass is 326 g/mol. The van der Waals surface area contributed by atoms with E-state index < -0.39 is 11.4 Å². The molecule has 1 heterocycles. The zero-order valence-electron chi connectivity index (χ0n) is 14.7. The highest BCUT2D eigenvalue weighted by Crippen LogP contribution is 2.44. The molecule has 2 aromatic carbocycles. The van der Waals surface area contributed by atoms with Crippen LogP contribution in [0.4, 0.5) is 0 Å². The van der Waals surface area contributed by atoms with E-state index in [9.17, 15) is 0 Å². The molecule has 1 fully saturated rings. The van der Waals surface area contributed by atoms with Crippen molar-refractivity contribution in [3.63, 3.8) is 0 Å². The molecule has 128 valence electrons. The maximum absolute atomic E-state index is 6.47. The van der Waals surface area contributed by atoms with Crippen molar-refractivity contribution in [1.29, 1.82) is 0 Å². The summed E-state index contributed by atoms with van der Waals surface area (Å²) in [5, 5.41) is 0. The third kappa shape index (κ3) is 2.77. The Hall–Kier alpha value is -1.68. The molecule has 0 saturated carbocycles. The zero-order chi connectivity index (χ0) is 17.0. The van der Waals surface area contributed by atoms with Gasteiger partial charge in [0.25, 0.3) is 0 Å². The van der Waals surface area contributed by atoms with Crippen LogP contribution in [-0.2, 0) is 19.8 Å². The predicted molar refractivity (Wildman–Crippen MR) is 94.8 cm³/mol. The van der Waals surface area contributed by atoms with Crippen molar-refractivity contribution in [3.05, 3.63) is 71.8 Å². The van der Waals surface area contributed by atoms with Crippen molar-refractivity contribution in [3.8, 4) is 0 Å². The van der Waals surface area contributed by atoms with E-state index in [4.69, 9.17) is 14.2 Å². The van der Waals surface area contributed by atoms with E-state index >= 15 is 0 Å². The highest BCUT2D eigenvalue weighted by atomic mass is 16.8. The summed E-state index contributed by atoms with van der Waals surface area (Å²) < 4.78 is 18.7. The Morgan fingerprint density at radius 3 is 1.83 bits per heavy atom. The molecule has 1 unspecified atom stereocenters. The molecule has 0 bridgehead atoms. The number of hydrogen-bond donors (Lipinski definition) is 0. The lowest BCUT2D eigenvalue weighted by atomic mass is 9.81. The van der Waals surface area contributed by atoms with E-state index in [-0.39, 0.29) is 6.10 Å². The molecular formula is C21H26O3. The molecule has 0 amide bonds. The first kappa shape index (κ1) is 17.2. The van der Waals surface area contributed by atoms with Crippen LogP contribution in [0.1, 0.15) is 37.8 Å². The van der Waals surface area contributed by atoms with Crippen LogP contribution in [0.15, 0.2) is 60.7 Å². The summed E-state index contributed by atoms with van der Waals surface area (Å²) in [5.74, 6) is -0.516. The van der Waals surface area contributed by atoms with Gasteiger partial charge in [-0.3, -0.25) is 0 Å². The number of hydrogen-bond acceptors (Lipinski definition) is 3. The van der Waals surface area contributed by atoms with Gasteiger partial charge in [-0.1, -0.05) is 74.5 Å². The lowest BCUT2D eigenvalue weighted by Crippen LogP contribution is -2.45. The van der Waals surface area contributed by atoms with Gasteiger partial charge in [0.05, 0.1) is 6.61 Å². The predicted octanol–water partition coefficient (Wildman–Crippen LogP) is 4.51. The molecular weight excluding hydrogens is 300 g/mol. The van der Waals surface area contributed by atoms with Gasteiger partial charge in [-0.15, -0.1) is 0 Å². The standard InChI is InChI=1S/C21H26O3/c1-4-20(5-2)23-16-19(24-20)21(22-3,17-12-8-6-9-13-17)18-14-10-7-11-15-18/h6-15,19H,4-5,16H2,1-3H3. The highest BCUT2D eigenvalue weighted by Gasteiger charge is 2.51. The van der Waals surface area contributed by atoms with Gasteiger partial charge in [0.2, 0.25) is 0 Å². The van der Waals surface area contributed by atoms with Crippen LogP contribution in [0.3, 0.4) is 0 Å². The minimum atomic E-state index is -0.686. The third-order valence-corrected chi connectivity index (χ3v) is 5.11. The fourth-order valence-corrected chi connectivity index (χ4v) is 3.65. The van der Waals surface area contributed by atoms with Gasteiger partial charge in [0, 0.05) is 7.11 Å². The summed E-state index contributed by atoms with van der Waals surface area (Å²) in [6, 6.07) is 20.6. The molecule has 2 aromatic rings. The summed E-state index contributed by atoms with van der Waals surface area (Å²) in [6.45, 7) is 4.72. The second-order valence-corrected chi connectivity index (χ2v) is 6.21. The molecule has 1 aliphatic heterocycles. The second kappa shape index (κ2) is 7.06. The van der Waals surface area contributed by atoms with Crippen LogP contribution >= 0.6 is 0 Å². The van der Waals surface area contributed by atoms with Crippen LogP contribution in [-0.4, -0.2) is 25.6 Å². The van der Waals surface area contributed by atoms with Gasteiger partial charge in [-0.05, 0) is 24.0 Å². The van der Waals surface area contributed by atoms with Gasteiger partial charge < -0.3 is 14.2 Å². The number of rotatable bonds is 6. The van der Waals surface area contributed by atoms with Gasteiger partial charge in [0.15, 0.2) is 5.79 Å². The second-order valence-electron chi connectivity index (χ2n) is 6.21. The van der Waals surface area contributed by atoms with Gasteiger partial charge in [-0.2, -0.15) is 0 Å². The molecule has 0 aliphatic carbocycles. The lowest BCUT2D eigenvalue weighted by Gasteiger charge is -2.38. The minimum Gasteiger partial charge on any atom is -0.366 e. The highest BCUT2D eigenvalue weighted by molar-refractivity contribution is 5.38. The molecule has 1 atom stereocenters. The summed E-state index contributed by atoms with van der Waals surface area (Å²) in [4.78, 5) is 0. The van der Waals surface area contributed by atoms with Gasteiger partial charge in [0.1, 0.15) is 11.7 Å². The largest absolute Gasteiger partial charge is 0.366 e. The first-order chi connectivity index (χ1) is 11.7. The summed E-state index contributed by atoms with van der Waals surface area (Å²) in [7, 11) is 1.75. The third-order valence-electron chi connectivity index (χ3n) is 5.11. The minimum absolute atomic E-state index is 0.202. The van der Waals surface area contributed by atoms with Crippen LogP contribution in [0, 0.1) is 0 Å². The van der Waals surface area contributed by atoms with Crippen LogP contribution in [0.2, 0.25) is 0 Å². The summed E-state index contributed by atoms with van der Waals surface area (Å²) >= 11 is 0. The van der Waals surface area contributed by atoms with Crippen LogP contribution in [0.25, 0.3) is 0 Å². The number of ether oxygens (including phenoxy) is 3. The Labute approximate surface area is 144 Å². The molecule has 3 heteroatoms. The molecule has 3 nitrogen and oxygen atoms in total. The molecule has 0 spiro atoms. The van der Waals surface area contributed by atoms with Crippen molar-refractivity contribution in [1.82, 2.24) is 0 Å². The molecule has 3 rings (SSSR count). The molecule has 0 N–H and O–H groups in total. The topological polar surface area (TPSA) is 27.7 Å². The molecule has 0 aromatic heterocycles. The van der Waals surface area contributed by atoms with E-state index in [1.807, 2.05) is 36.4 Å². The van der Waals surface area contributed by atoms with E-state index in [2.05, 4.69) is 38.1 Å². The van der Waals surface area contributed by atoms with Crippen LogP contribution < -0.4 is 0 Å². The quantitative estimate of drug-likeness (QED) is 0.782. The normalized spacial score (nSPS) is 20.2. The SMILES string of the molecule is CCC1(CC)OCC(C(OC)(c2ccccc2)c2ccccc2)O1. The van der Waals surface area contributed by atoms with Crippen LogP contribution in [0.5, 0.6) is 0 Å². The Kier molecular flexibility index (Phi) is 5.04. The van der Waals surface area contributed by atoms with Crippen molar-refractivity contribution in [2.75, 3.05) is 13.7 Å². The fraction of sp³-hybridized carbons (Fsp3) is 0.429. The van der Waals surface area contributed by atoms with Crippen molar-refractivity contribution in [2.24, 2.45) is 0 Å². The smallest absolute Gasteiger partial charge is 0.168 e. The Morgan fingerprint density at radius 2 is 1.46 bits per heavy atom. The molecule has 24 heavy (non-hydrogen) atoms. The molecule has 0 radical (unpaired) electrons. The first-order valence-electron chi connectivity index (χ1n) is 8.68. The van der Waals surface area contributed by atoms with E-state index in [0.29, 0.717) is 6.61 Å². The van der Waals surface area contributed by atoms with Gasteiger partial charge in [-0.25, -0.2) is 0 Å². The lowest BCUT2D eigenvalue weighted by molar-refractivity contribution is -0.195. The molecule has 1 saturated heterocycles.